The number of hydrogen-bond acceptors (Lipinski definition) is 6. The molecule has 0 bridgehead atoms. The number of hydrogen-bond donors (Lipinski definition) is 1. The Morgan fingerprint density at radius 2 is 2.24 bits per heavy atom. The van der Waals surface area contributed by atoms with Crippen LogP contribution in [0.3, 0.4) is 0 Å². The third kappa shape index (κ3) is 4.09. The Morgan fingerprint density at radius 3 is 3.14 bits per heavy atom. The lowest BCUT2D eigenvalue weighted by Gasteiger charge is -2.09. The molecule has 21 heavy (non-hydrogen) atoms. The maximum Gasteiger partial charge on any atom is 0.180 e. The van der Waals surface area contributed by atoms with Crippen molar-refractivity contribution in [3.05, 3.63) is 24.5 Å². The first-order valence-corrected chi connectivity index (χ1v) is 7.39. The van der Waals surface area contributed by atoms with Crippen LogP contribution in [0.4, 0.5) is 5.82 Å². The fraction of sp³-hybridized carbons (Fsp3) is 0.533. The van der Waals surface area contributed by atoms with E-state index in [0.29, 0.717) is 11.6 Å². The predicted octanol–water partition coefficient (Wildman–Crippen LogP) is 1.88. The number of rotatable bonds is 7. The summed E-state index contributed by atoms with van der Waals surface area (Å²) in [4.78, 5) is 12.8. The van der Waals surface area contributed by atoms with Gasteiger partial charge in [-0.3, -0.25) is 4.98 Å². The fourth-order valence-electron chi connectivity index (χ4n) is 2.31. The average Bonchev–Trinajstić information content (AvgIpc) is 3.04. The minimum Gasteiger partial charge on any atom is -0.381 e. The summed E-state index contributed by atoms with van der Waals surface area (Å²) >= 11 is 0. The van der Waals surface area contributed by atoms with Crippen LogP contribution >= 0.6 is 0 Å². The molecule has 1 atom stereocenters. The summed E-state index contributed by atoms with van der Waals surface area (Å²) in [5.41, 5.74) is 1.48. The molecule has 0 radical (unpaired) electrons. The quantitative estimate of drug-likeness (QED) is 0.785. The van der Waals surface area contributed by atoms with Crippen LogP contribution in [0, 0.1) is 5.92 Å². The number of fused-ring (bicyclic) bond motifs is 1. The monoisotopic (exact) mass is 288 g/mol. The summed E-state index contributed by atoms with van der Waals surface area (Å²) in [6, 6.07) is 3.85. The van der Waals surface area contributed by atoms with Crippen molar-refractivity contribution >= 4 is 17.0 Å². The van der Waals surface area contributed by atoms with Crippen molar-refractivity contribution in [1.82, 2.24) is 15.0 Å². The number of ether oxygens (including phenoxy) is 2. The Balaban J connectivity index is 1.36. The second-order valence-electron chi connectivity index (χ2n) is 5.18. The van der Waals surface area contributed by atoms with Crippen molar-refractivity contribution in [2.45, 2.75) is 12.8 Å². The largest absolute Gasteiger partial charge is 0.381 e. The van der Waals surface area contributed by atoms with Crippen LogP contribution in [0.25, 0.3) is 11.2 Å². The fourth-order valence-corrected chi connectivity index (χ4v) is 2.31. The zero-order chi connectivity index (χ0) is 14.3. The first-order chi connectivity index (χ1) is 10.4. The third-order valence-electron chi connectivity index (χ3n) is 3.48. The summed E-state index contributed by atoms with van der Waals surface area (Å²) < 4.78 is 11.0. The first-order valence-electron chi connectivity index (χ1n) is 7.39. The third-order valence-corrected chi connectivity index (χ3v) is 3.48. The van der Waals surface area contributed by atoms with Gasteiger partial charge in [0.1, 0.15) is 11.3 Å². The lowest BCUT2D eigenvalue weighted by atomic mass is 10.1. The molecule has 1 N–H and O–H groups in total. The van der Waals surface area contributed by atoms with E-state index in [1.807, 2.05) is 12.1 Å². The van der Waals surface area contributed by atoms with Crippen molar-refractivity contribution < 1.29 is 9.47 Å². The van der Waals surface area contributed by atoms with Gasteiger partial charge in [0.15, 0.2) is 5.65 Å². The molecule has 2 aromatic heterocycles. The highest BCUT2D eigenvalue weighted by molar-refractivity contribution is 5.71. The van der Waals surface area contributed by atoms with Crippen LogP contribution in [-0.4, -0.2) is 47.9 Å². The maximum absolute atomic E-state index is 5.66. The Bertz CT molecular complexity index is 572. The molecule has 1 unspecified atom stereocenters. The molecule has 3 heterocycles. The Morgan fingerprint density at radius 1 is 1.29 bits per heavy atom. The molecule has 0 aliphatic carbocycles. The number of pyridine rings is 1. The van der Waals surface area contributed by atoms with E-state index in [2.05, 4.69) is 20.3 Å². The van der Waals surface area contributed by atoms with Gasteiger partial charge >= 0.3 is 0 Å². The normalized spacial score (nSPS) is 18.2. The van der Waals surface area contributed by atoms with Crippen molar-refractivity contribution in [2.75, 3.05) is 38.3 Å². The van der Waals surface area contributed by atoms with Gasteiger partial charge in [-0.2, -0.15) is 0 Å². The maximum atomic E-state index is 5.66. The lowest BCUT2D eigenvalue weighted by molar-refractivity contribution is 0.0897. The van der Waals surface area contributed by atoms with Gasteiger partial charge in [-0.1, -0.05) is 0 Å². The van der Waals surface area contributed by atoms with Gasteiger partial charge in [0.25, 0.3) is 0 Å². The average molecular weight is 288 g/mol. The summed E-state index contributed by atoms with van der Waals surface area (Å²) in [5, 5.41) is 3.28. The van der Waals surface area contributed by atoms with Gasteiger partial charge in [0, 0.05) is 38.1 Å². The van der Waals surface area contributed by atoms with Crippen LogP contribution in [0.2, 0.25) is 0 Å². The molecule has 0 spiro atoms. The molecule has 2 aromatic rings. The summed E-state index contributed by atoms with van der Waals surface area (Å²) in [6.07, 6.45) is 5.40. The summed E-state index contributed by atoms with van der Waals surface area (Å²) in [7, 11) is 0. The number of nitrogens with zero attached hydrogens (tertiary/aromatic N) is 3. The second kappa shape index (κ2) is 7.28. The highest BCUT2D eigenvalue weighted by atomic mass is 16.5. The first kappa shape index (κ1) is 14.2. The molecule has 0 saturated carbocycles. The van der Waals surface area contributed by atoms with Gasteiger partial charge in [-0.25, -0.2) is 9.97 Å². The minimum absolute atomic E-state index is 0.582. The smallest absolute Gasteiger partial charge is 0.180 e. The summed E-state index contributed by atoms with van der Waals surface area (Å²) in [6.45, 7) is 4.13. The molecular weight excluding hydrogens is 268 g/mol. The second-order valence-corrected chi connectivity index (χ2v) is 5.18. The molecular formula is C15H20N4O2. The SMILES string of the molecule is c1cnc2nc(NCCCOCC3CCOC3)ccc2n1. The van der Waals surface area contributed by atoms with Crippen molar-refractivity contribution in [1.29, 1.82) is 0 Å². The molecule has 6 heteroatoms. The van der Waals surface area contributed by atoms with E-state index in [0.717, 1.165) is 57.1 Å². The number of nitrogens with one attached hydrogen (secondary N) is 1. The molecule has 1 aliphatic heterocycles. The van der Waals surface area contributed by atoms with Crippen LogP contribution in [0.15, 0.2) is 24.5 Å². The zero-order valence-corrected chi connectivity index (χ0v) is 12.0. The number of anilines is 1. The zero-order valence-electron chi connectivity index (χ0n) is 12.0. The molecule has 112 valence electrons. The van der Waals surface area contributed by atoms with Crippen LogP contribution < -0.4 is 5.32 Å². The molecule has 1 fully saturated rings. The molecule has 1 saturated heterocycles. The van der Waals surface area contributed by atoms with E-state index < -0.39 is 0 Å². The Hall–Kier alpha value is -1.79. The van der Waals surface area contributed by atoms with Gasteiger partial charge in [-0.15, -0.1) is 0 Å². The standard InChI is InChI=1S/C15H20N4O2/c1(8-20-10-12-4-9-21-11-12)5-17-14-3-2-13-15(19-14)18-7-6-16-13/h2-3,6-7,12H,1,4-5,8-11H2,(H,17,18,19). The number of aromatic nitrogens is 3. The Labute approximate surface area is 123 Å². The van der Waals surface area contributed by atoms with E-state index >= 15 is 0 Å². The van der Waals surface area contributed by atoms with Crippen LogP contribution in [-0.2, 0) is 9.47 Å². The Kier molecular flexibility index (Phi) is 4.91. The van der Waals surface area contributed by atoms with Crippen LogP contribution in [0.5, 0.6) is 0 Å². The summed E-state index contributed by atoms with van der Waals surface area (Å²) in [5.74, 6) is 1.41. The van der Waals surface area contributed by atoms with Gasteiger partial charge in [0.05, 0.1) is 13.2 Å². The molecule has 3 rings (SSSR count). The topological polar surface area (TPSA) is 69.2 Å². The van der Waals surface area contributed by atoms with Gasteiger partial charge in [-0.05, 0) is 25.0 Å². The van der Waals surface area contributed by atoms with Crippen molar-refractivity contribution in [2.24, 2.45) is 5.92 Å². The van der Waals surface area contributed by atoms with E-state index in [-0.39, 0.29) is 0 Å². The van der Waals surface area contributed by atoms with E-state index in [1.54, 1.807) is 12.4 Å². The van der Waals surface area contributed by atoms with Gasteiger partial charge < -0.3 is 14.8 Å². The van der Waals surface area contributed by atoms with Crippen LogP contribution in [0.1, 0.15) is 12.8 Å². The molecule has 1 aliphatic rings. The van der Waals surface area contributed by atoms with E-state index in [1.165, 1.54) is 0 Å². The lowest BCUT2D eigenvalue weighted by Crippen LogP contribution is -2.12. The van der Waals surface area contributed by atoms with E-state index in [4.69, 9.17) is 9.47 Å². The molecule has 6 nitrogen and oxygen atoms in total. The van der Waals surface area contributed by atoms with Crippen molar-refractivity contribution in [3.8, 4) is 0 Å². The highest BCUT2D eigenvalue weighted by Crippen LogP contribution is 2.12. The van der Waals surface area contributed by atoms with Gasteiger partial charge in [0.2, 0.25) is 0 Å². The molecule has 0 aromatic carbocycles. The minimum atomic E-state index is 0.582. The predicted molar refractivity (Wildman–Crippen MR) is 80.2 cm³/mol. The molecule has 0 amide bonds. The van der Waals surface area contributed by atoms with E-state index in [9.17, 15) is 0 Å². The highest BCUT2D eigenvalue weighted by Gasteiger charge is 2.15. The van der Waals surface area contributed by atoms with Crippen molar-refractivity contribution in [3.63, 3.8) is 0 Å².